The van der Waals surface area contributed by atoms with E-state index in [1.54, 1.807) is 12.1 Å². The molecule has 1 fully saturated rings. The van der Waals surface area contributed by atoms with Gasteiger partial charge in [0.1, 0.15) is 6.04 Å². The average Bonchev–Trinajstić information content (AvgIpc) is 2.69. The SMILES string of the molecule is N#CC(c1ccc([N+](=O)[O-])cc1)N1CCCCCC1. The standard InChI is InChI=1S/C14H17N3O2/c15-11-14(16-9-3-1-2-4-10-16)12-5-7-13(8-6-12)17(18)19/h5-8,14H,1-4,9-10H2. The van der Waals surface area contributed by atoms with Gasteiger partial charge in [0.25, 0.3) is 5.69 Å². The Morgan fingerprint density at radius 3 is 2.21 bits per heavy atom. The molecule has 1 aliphatic rings. The third-order valence-electron chi connectivity index (χ3n) is 3.55. The van der Waals surface area contributed by atoms with Crippen molar-refractivity contribution in [3.05, 3.63) is 39.9 Å². The first-order valence-electron chi connectivity index (χ1n) is 6.60. The highest BCUT2D eigenvalue weighted by molar-refractivity contribution is 5.35. The molecular weight excluding hydrogens is 242 g/mol. The van der Waals surface area contributed by atoms with E-state index in [9.17, 15) is 15.4 Å². The van der Waals surface area contributed by atoms with Crippen LogP contribution in [0, 0.1) is 21.4 Å². The molecule has 0 amide bonds. The molecule has 19 heavy (non-hydrogen) atoms. The van der Waals surface area contributed by atoms with Gasteiger partial charge in [0.05, 0.1) is 11.0 Å². The molecule has 0 N–H and O–H groups in total. The van der Waals surface area contributed by atoms with Crippen LogP contribution in [0.5, 0.6) is 0 Å². The Bertz CT molecular complexity index is 470. The lowest BCUT2D eigenvalue weighted by atomic mass is 10.1. The Kier molecular flexibility index (Phi) is 4.48. The largest absolute Gasteiger partial charge is 0.284 e. The van der Waals surface area contributed by atoms with E-state index in [4.69, 9.17) is 0 Å². The first kappa shape index (κ1) is 13.5. The van der Waals surface area contributed by atoms with Crippen LogP contribution >= 0.6 is 0 Å². The van der Waals surface area contributed by atoms with Crippen molar-refractivity contribution in [1.29, 1.82) is 5.26 Å². The van der Waals surface area contributed by atoms with Gasteiger partial charge < -0.3 is 0 Å². The van der Waals surface area contributed by atoms with Gasteiger partial charge in [-0.3, -0.25) is 15.0 Å². The summed E-state index contributed by atoms with van der Waals surface area (Å²) in [5, 5.41) is 20.0. The summed E-state index contributed by atoms with van der Waals surface area (Å²) in [6.45, 7) is 1.85. The van der Waals surface area contributed by atoms with Crippen molar-refractivity contribution in [2.75, 3.05) is 13.1 Å². The molecule has 0 saturated carbocycles. The number of nitrogens with zero attached hydrogens (tertiary/aromatic N) is 3. The monoisotopic (exact) mass is 259 g/mol. The maximum Gasteiger partial charge on any atom is 0.269 e. The van der Waals surface area contributed by atoms with Gasteiger partial charge in [-0.25, -0.2) is 0 Å². The van der Waals surface area contributed by atoms with E-state index in [2.05, 4.69) is 11.0 Å². The lowest BCUT2D eigenvalue weighted by molar-refractivity contribution is -0.384. The third-order valence-corrected chi connectivity index (χ3v) is 3.55. The second-order valence-corrected chi connectivity index (χ2v) is 4.83. The quantitative estimate of drug-likeness (QED) is 0.618. The second-order valence-electron chi connectivity index (χ2n) is 4.83. The zero-order chi connectivity index (χ0) is 13.7. The summed E-state index contributed by atoms with van der Waals surface area (Å²) in [5.41, 5.74) is 0.909. The van der Waals surface area contributed by atoms with Crippen LogP contribution in [0.15, 0.2) is 24.3 Å². The predicted molar refractivity (Wildman–Crippen MR) is 71.5 cm³/mol. The predicted octanol–water partition coefficient (Wildman–Crippen LogP) is 3.04. The van der Waals surface area contributed by atoms with Crippen LogP contribution in [0.1, 0.15) is 37.3 Å². The Morgan fingerprint density at radius 1 is 1.16 bits per heavy atom. The minimum Gasteiger partial charge on any atom is -0.284 e. The summed E-state index contributed by atoms with van der Waals surface area (Å²) < 4.78 is 0. The Labute approximate surface area is 112 Å². The molecule has 1 saturated heterocycles. The van der Waals surface area contributed by atoms with E-state index in [0.717, 1.165) is 31.5 Å². The molecule has 1 aliphatic heterocycles. The maximum atomic E-state index is 10.6. The highest BCUT2D eigenvalue weighted by Crippen LogP contribution is 2.25. The highest BCUT2D eigenvalue weighted by atomic mass is 16.6. The molecule has 1 aromatic rings. The van der Waals surface area contributed by atoms with Crippen molar-refractivity contribution in [3.8, 4) is 6.07 Å². The number of nitro benzene ring substituents is 1. The van der Waals surface area contributed by atoms with E-state index < -0.39 is 4.92 Å². The maximum absolute atomic E-state index is 10.6. The Morgan fingerprint density at radius 2 is 1.74 bits per heavy atom. The van der Waals surface area contributed by atoms with E-state index in [0.29, 0.717) is 0 Å². The molecule has 0 aromatic heterocycles. The van der Waals surface area contributed by atoms with Crippen molar-refractivity contribution < 1.29 is 4.92 Å². The Balaban J connectivity index is 2.16. The Hall–Kier alpha value is -1.93. The van der Waals surface area contributed by atoms with E-state index >= 15 is 0 Å². The van der Waals surface area contributed by atoms with Crippen LogP contribution in [0.3, 0.4) is 0 Å². The molecule has 0 bridgehead atoms. The average molecular weight is 259 g/mol. The molecule has 2 rings (SSSR count). The zero-order valence-corrected chi connectivity index (χ0v) is 10.8. The highest BCUT2D eigenvalue weighted by Gasteiger charge is 2.21. The molecular formula is C14H17N3O2. The van der Waals surface area contributed by atoms with Crippen molar-refractivity contribution in [2.24, 2.45) is 0 Å². The second kappa shape index (κ2) is 6.30. The summed E-state index contributed by atoms with van der Waals surface area (Å²) in [6.07, 6.45) is 4.67. The van der Waals surface area contributed by atoms with Crippen molar-refractivity contribution in [2.45, 2.75) is 31.7 Å². The lowest BCUT2D eigenvalue weighted by Gasteiger charge is -2.25. The molecule has 1 heterocycles. The minimum absolute atomic E-state index is 0.0660. The van der Waals surface area contributed by atoms with Crippen molar-refractivity contribution >= 4 is 5.69 Å². The normalized spacial score (nSPS) is 18.3. The molecule has 0 aliphatic carbocycles. The molecule has 0 spiro atoms. The van der Waals surface area contributed by atoms with Crippen molar-refractivity contribution in [1.82, 2.24) is 4.90 Å². The van der Waals surface area contributed by atoms with Crippen LogP contribution < -0.4 is 0 Å². The van der Waals surface area contributed by atoms with Crippen molar-refractivity contribution in [3.63, 3.8) is 0 Å². The molecule has 1 unspecified atom stereocenters. The number of benzene rings is 1. The summed E-state index contributed by atoms with van der Waals surface area (Å²) >= 11 is 0. The topological polar surface area (TPSA) is 70.2 Å². The van der Waals surface area contributed by atoms with Gasteiger partial charge >= 0.3 is 0 Å². The van der Waals surface area contributed by atoms with Crippen LogP contribution in [0.25, 0.3) is 0 Å². The minimum atomic E-state index is -0.420. The van der Waals surface area contributed by atoms with Crippen LogP contribution in [-0.4, -0.2) is 22.9 Å². The summed E-state index contributed by atoms with van der Waals surface area (Å²) in [7, 11) is 0. The van der Waals surface area contributed by atoms with Gasteiger partial charge in [-0.15, -0.1) is 0 Å². The summed E-state index contributed by atoms with van der Waals surface area (Å²) in [6, 6.07) is 8.35. The molecule has 5 heteroatoms. The molecule has 1 atom stereocenters. The fraction of sp³-hybridized carbons (Fsp3) is 0.500. The number of likely N-dealkylation sites (tertiary alicyclic amines) is 1. The van der Waals surface area contributed by atoms with Gasteiger partial charge in [-0.2, -0.15) is 5.26 Å². The molecule has 100 valence electrons. The lowest BCUT2D eigenvalue weighted by Crippen LogP contribution is -2.28. The van der Waals surface area contributed by atoms with E-state index in [1.807, 2.05) is 0 Å². The smallest absolute Gasteiger partial charge is 0.269 e. The number of nitriles is 1. The van der Waals surface area contributed by atoms with Gasteiger partial charge in [0, 0.05) is 12.1 Å². The van der Waals surface area contributed by atoms with Gasteiger partial charge in [-0.1, -0.05) is 12.8 Å². The van der Waals surface area contributed by atoms with Crippen LogP contribution in [0.4, 0.5) is 5.69 Å². The molecule has 5 nitrogen and oxygen atoms in total. The third kappa shape index (κ3) is 3.30. The van der Waals surface area contributed by atoms with E-state index in [-0.39, 0.29) is 11.7 Å². The van der Waals surface area contributed by atoms with Crippen LogP contribution in [0.2, 0.25) is 0 Å². The fourth-order valence-electron chi connectivity index (χ4n) is 2.50. The van der Waals surface area contributed by atoms with Gasteiger partial charge in [0.2, 0.25) is 0 Å². The molecule has 1 aromatic carbocycles. The van der Waals surface area contributed by atoms with E-state index in [1.165, 1.54) is 25.0 Å². The van der Waals surface area contributed by atoms with Crippen LogP contribution in [-0.2, 0) is 0 Å². The van der Waals surface area contributed by atoms with Gasteiger partial charge in [0.15, 0.2) is 0 Å². The number of nitro groups is 1. The molecule has 0 radical (unpaired) electrons. The number of hydrogen-bond acceptors (Lipinski definition) is 4. The number of rotatable bonds is 3. The number of hydrogen-bond donors (Lipinski definition) is 0. The zero-order valence-electron chi connectivity index (χ0n) is 10.8. The first-order chi connectivity index (χ1) is 9.22. The summed E-state index contributed by atoms with van der Waals surface area (Å²) in [5.74, 6) is 0. The summed E-state index contributed by atoms with van der Waals surface area (Å²) in [4.78, 5) is 12.4. The van der Waals surface area contributed by atoms with Gasteiger partial charge in [-0.05, 0) is 43.6 Å². The fourth-order valence-corrected chi connectivity index (χ4v) is 2.50. The first-order valence-corrected chi connectivity index (χ1v) is 6.60. The number of non-ortho nitro benzene ring substituents is 1.